The first-order valence-electron chi connectivity index (χ1n) is 6.40. The zero-order valence-corrected chi connectivity index (χ0v) is 11.9. The molecule has 0 saturated heterocycles. The fourth-order valence-electron chi connectivity index (χ4n) is 1.36. The summed E-state index contributed by atoms with van der Waals surface area (Å²) in [6.07, 6.45) is 1.09. The van der Waals surface area contributed by atoms with Crippen LogP contribution in [0, 0.1) is 0 Å². The molecule has 0 aliphatic rings. The molecular formula is C15H18O6. The maximum atomic E-state index is 10.8. The van der Waals surface area contributed by atoms with Crippen LogP contribution >= 0.6 is 0 Å². The van der Waals surface area contributed by atoms with Crippen LogP contribution in [-0.4, -0.2) is 38.4 Å². The third-order valence-electron chi connectivity index (χ3n) is 2.23. The van der Waals surface area contributed by atoms with Gasteiger partial charge in [-0.25, -0.2) is 4.79 Å². The van der Waals surface area contributed by atoms with E-state index in [0.717, 1.165) is 6.08 Å². The highest BCUT2D eigenvalue weighted by atomic mass is 16.6. The minimum Gasteiger partial charge on any atom is -0.490 e. The molecule has 0 spiro atoms. The van der Waals surface area contributed by atoms with Crippen molar-refractivity contribution in [2.24, 2.45) is 0 Å². The van der Waals surface area contributed by atoms with Crippen molar-refractivity contribution < 1.29 is 28.5 Å². The van der Waals surface area contributed by atoms with Crippen LogP contribution in [0.25, 0.3) is 0 Å². The average molecular weight is 294 g/mol. The predicted molar refractivity (Wildman–Crippen MR) is 75.2 cm³/mol. The Kier molecular flexibility index (Phi) is 7.42. The zero-order valence-electron chi connectivity index (χ0n) is 11.9. The highest BCUT2D eigenvalue weighted by Crippen LogP contribution is 2.19. The van der Waals surface area contributed by atoms with E-state index < -0.39 is 5.97 Å². The molecule has 0 N–H and O–H groups in total. The van der Waals surface area contributed by atoms with Gasteiger partial charge < -0.3 is 18.9 Å². The molecule has 0 radical (unpaired) electrons. The molecule has 0 amide bonds. The number of ether oxygens (including phenoxy) is 4. The Morgan fingerprint density at radius 1 is 1.05 bits per heavy atom. The summed E-state index contributed by atoms with van der Waals surface area (Å²) in [7, 11) is 0. The Bertz CT molecular complexity index is 483. The van der Waals surface area contributed by atoms with Gasteiger partial charge in [0, 0.05) is 19.1 Å². The second-order valence-electron chi connectivity index (χ2n) is 3.88. The lowest BCUT2D eigenvalue weighted by Crippen LogP contribution is -2.11. The quantitative estimate of drug-likeness (QED) is 0.392. The van der Waals surface area contributed by atoms with Gasteiger partial charge in [-0.3, -0.25) is 4.79 Å². The van der Waals surface area contributed by atoms with Crippen LogP contribution in [0.4, 0.5) is 0 Å². The molecule has 0 unspecified atom stereocenters. The highest BCUT2D eigenvalue weighted by molar-refractivity contribution is 5.81. The summed E-state index contributed by atoms with van der Waals surface area (Å²) in [4.78, 5) is 21.4. The monoisotopic (exact) mass is 294 g/mol. The first-order chi connectivity index (χ1) is 10.1. The molecule has 1 aromatic rings. The van der Waals surface area contributed by atoms with Crippen molar-refractivity contribution in [2.45, 2.75) is 6.92 Å². The van der Waals surface area contributed by atoms with E-state index in [1.54, 1.807) is 24.3 Å². The molecule has 0 aromatic heterocycles. The van der Waals surface area contributed by atoms with Gasteiger partial charge in [-0.2, -0.15) is 0 Å². The molecule has 1 aromatic carbocycles. The molecule has 0 saturated carbocycles. The first kappa shape index (κ1) is 16.6. The molecule has 114 valence electrons. The number of carbonyl (C=O) groups excluding carboxylic acids is 2. The topological polar surface area (TPSA) is 71.1 Å². The lowest BCUT2D eigenvalue weighted by molar-refractivity contribution is -0.141. The number of benzene rings is 1. The van der Waals surface area contributed by atoms with Gasteiger partial charge >= 0.3 is 11.9 Å². The van der Waals surface area contributed by atoms with E-state index >= 15 is 0 Å². The lowest BCUT2D eigenvalue weighted by Gasteiger charge is -2.09. The van der Waals surface area contributed by atoms with Gasteiger partial charge in [0.1, 0.15) is 37.9 Å². The molecule has 1 rings (SSSR count). The van der Waals surface area contributed by atoms with E-state index in [9.17, 15) is 9.59 Å². The summed E-state index contributed by atoms with van der Waals surface area (Å²) in [5, 5.41) is 0. The minimum atomic E-state index is -0.485. The second kappa shape index (κ2) is 9.41. The second-order valence-corrected chi connectivity index (χ2v) is 3.88. The molecule has 0 fully saturated rings. The van der Waals surface area contributed by atoms with Crippen molar-refractivity contribution in [3.8, 4) is 11.5 Å². The Morgan fingerprint density at radius 2 is 1.62 bits per heavy atom. The summed E-state index contributed by atoms with van der Waals surface area (Å²) in [5.74, 6) is 0.364. The Morgan fingerprint density at radius 3 is 2.14 bits per heavy atom. The third kappa shape index (κ3) is 7.61. The van der Waals surface area contributed by atoms with Gasteiger partial charge in [0.2, 0.25) is 0 Å². The van der Waals surface area contributed by atoms with E-state index in [2.05, 4.69) is 6.58 Å². The molecule has 0 bridgehead atoms. The molecule has 0 aliphatic carbocycles. The maximum Gasteiger partial charge on any atom is 0.330 e. The Hall–Kier alpha value is -2.50. The molecule has 0 aliphatic heterocycles. The standard InChI is InChI=1S/C15H18O6/c1-3-15(17)21-10-9-20-14-6-4-5-13(11-14)19-8-7-18-12(2)16/h3-6,11H,1,7-10H2,2H3. The fourth-order valence-corrected chi connectivity index (χ4v) is 1.36. The Balaban J connectivity index is 2.29. The number of hydrogen-bond acceptors (Lipinski definition) is 6. The largest absolute Gasteiger partial charge is 0.490 e. The van der Waals surface area contributed by atoms with Crippen molar-refractivity contribution in [3.63, 3.8) is 0 Å². The van der Waals surface area contributed by atoms with Crippen molar-refractivity contribution in [1.29, 1.82) is 0 Å². The SMILES string of the molecule is C=CC(=O)OCCOc1cccc(OCCOC(C)=O)c1. The molecule has 21 heavy (non-hydrogen) atoms. The number of carbonyl (C=O) groups is 2. The number of esters is 2. The lowest BCUT2D eigenvalue weighted by atomic mass is 10.3. The number of rotatable bonds is 9. The molecule has 0 heterocycles. The van der Waals surface area contributed by atoms with Crippen LogP contribution < -0.4 is 9.47 Å². The van der Waals surface area contributed by atoms with Crippen molar-refractivity contribution in [3.05, 3.63) is 36.9 Å². The first-order valence-corrected chi connectivity index (χ1v) is 6.40. The summed E-state index contributed by atoms with van der Waals surface area (Å²) in [6.45, 7) is 5.46. The van der Waals surface area contributed by atoms with Gasteiger partial charge in [0.15, 0.2) is 0 Å². The summed E-state index contributed by atoms with van der Waals surface area (Å²) in [5.41, 5.74) is 0. The van der Waals surface area contributed by atoms with Crippen molar-refractivity contribution >= 4 is 11.9 Å². The van der Waals surface area contributed by atoms with Crippen LogP contribution in [0.1, 0.15) is 6.92 Å². The van der Waals surface area contributed by atoms with Crippen LogP contribution in [0.3, 0.4) is 0 Å². The normalized spacial score (nSPS) is 9.57. The molecule has 6 nitrogen and oxygen atoms in total. The van der Waals surface area contributed by atoms with Crippen molar-refractivity contribution in [2.75, 3.05) is 26.4 Å². The highest BCUT2D eigenvalue weighted by Gasteiger charge is 2.00. The van der Waals surface area contributed by atoms with E-state index in [4.69, 9.17) is 18.9 Å². The van der Waals surface area contributed by atoms with E-state index in [1.165, 1.54) is 6.92 Å². The predicted octanol–water partition coefficient (Wildman–Crippen LogP) is 1.74. The summed E-state index contributed by atoms with van der Waals surface area (Å²) >= 11 is 0. The van der Waals surface area contributed by atoms with Crippen molar-refractivity contribution in [1.82, 2.24) is 0 Å². The maximum absolute atomic E-state index is 10.8. The van der Waals surface area contributed by atoms with Gasteiger partial charge in [-0.05, 0) is 12.1 Å². The smallest absolute Gasteiger partial charge is 0.330 e. The molecular weight excluding hydrogens is 276 g/mol. The van der Waals surface area contributed by atoms with E-state index in [0.29, 0.717) is 11.5 Å². The average Bonchev–Trinajstić information content (AvgIpc) is 2.48. The van der Waals surface area contributed by atoms with E-state index in [1.807, 2.05) is 0 Å². The van der Waals surface area contributed by atoms with Gasteiger partial charge in [0.05, 0.1) is 0 Å². The minimum absolute atomic E-state index is 0.141. The third-order valence-corrected chi connectivity index (χ3v) is 2.23. The molecule has 6 heteroatoms. The van der Waals surface area contributed by atoms with Crippen LogP contribution in [-0.2, 0) is 19.1 Å². The van der Waals surface area contributed by atoms with Gasteiger partial charge in [-0.15, -0.1) is 0 Å². The van der Waals surface area contributed by atoms with Crippen LogP contribution in [0.15, 0.2) is 36.9 Å². The molecule has 0 atom stereocenters. The summed E-state index contributed by atoms with van der Waals surface area (Å²) < 4.78 is 20.4. The van der Waals surface area contributed by atoms with Crippen LogP contribution in [0.2, 0.25) is 0 Å². The Labute approximate surface area is 123 Å². The van der Waals surface area contributed by atoms with Gasteiger partial charge in [0.25, 0.3) is 0 Å². The summed E-state index contributed by atoms with van der Waals surface area (Å²) in [6, 6.07) is 6.99. The van der Waals surface area contributed by atoms with Crippen LogP contribution in [0.5, 0.6) is 11.5 Å². The van der Waals surface area contributed by atoms with E-state index in [-0.39, 0.29) is 32.4 Å². The number of hydrogen-bond donors (Lipinski definition) is 0. The van der Waals surface area contributed by atoms with Gasteiger partial charge in [-0.1, -0.05) is 12.6 Å². The zero-order chi connectivity index (χ0) is 15.5. The fraction of sp³-hybridized carbons (Fsp3) is 0.333.